The smallest absolute Gasteiger partial charge is 0.267 e. The van der Waals surface area contributed by atoms with Crippen molar-refractivity contribution in [3.8, 4) is 0 Å². The summed E-state index contributed by atoms with van der Waals surface area (Å²) in [5.41, 5.74) is 0.881. The molecule has 4 heterocycles. The van der Waals surface area contributed by atoms with Crippen LogP contribution in [-0.4, -0.2) is 55.7 Å². The van der Waals surface area contributed by atoms with Crippen LogP contribution >= 0.6 is 35.7 Å². The Morgan fingerprint density at radius 3 is 2.74 bits per heavy atom. The first-order valence-corrected chi connectivity index (χ1v) is 11.1. The molecular formula is C18H18N4O2S3. The zero-order chi connectivity index (χ0) is 19.0. The second-order valence-electron chi connectivity index (χ2n) is 6.11. The normalized spacial score (nSPS) is 19.5. The number of likely N-dealkylation sites (N-methyl/N-ethyl adjacent to an activating group) is 1. The van der Waals surface area contributed by atoms with E-state index in [1.807, 2.05) is 30.8 Å². The lowest BCUT2D eigenvalue weighted by molar-refractivity contribution is -0.121. The summed E-state index contributed by atoms with van der Waals surface area (Å²) in [4.78, 5) is 34.7. The van der Waals surface area contributed by atoms with E-state index in [1.54, 1.807) is 23.2 Å². The van der Waals surface area contributed by atoms with Crippen LogP contribution in [0.2, 0.25) is 0 Å². The third kappa shape index (κ3) is 3.39. The molecule has 0 bridgehead atoms. The Morgan fingerprint density at radius 2 is 2.04 bits per heavy atom. The van der Waals surface area contributed by atoms with Gasteiger partial charge in [0.2, 0.25) is 0 Å². The molecule has 6 nitrogen and oxygen atoms in total. The van der Waals surface area contributed by atoms with Gasteiger partial charge in [-0.1, -0.05) is 30.0 Å². The van der Waals surface area contributed by atoms with Crippen LogP contribution in [0.25, 0.3) is 11.7 Å². The number of anilines is 1. The van der Waals surface area contributed by atoms with Crippen molar-refractivity contribution in [2.45, 2.75) is 6.92 Å². The number of thioether (sulfide) groups is 2. The van der Waals surface area contributed by atoms with Gasteiger partial charge in [0.15, 0.2) is 0 Å². The highest BCUT2D eigenvalue weighted by Gasteiger charge is 2.31. The number of fused-ring (bicyclic) bond motifs is 1. The zero-order valence-electron chi connectivity index (χ0n) is 14.8. The van der Waals surface area contributed by atoms with Gasteiger partial charge in [0, 0.05) is 37.3 Å². The Hall–Kier alpha value is -1.84. The number of thiocarbonyl (C=S) groups is 1. The zero-order valence-corrected chi connectivity index (χ0v) is 17.2. The molecule has 4 rings (SSSR count). The van der Waals surface area contributed by atoms with Crippen molar-refractivity contribution in [3.63, 3.8) is 0 Å². The number of carbonyl (C=O) groups excluding carboxylic acids is 1. The van der Waals surface area contributed by atoms with E-state index in [4.69, 9.17) is 17.2 Å². The minimum atomic E-state index is -0.171. The van der Waals surface area contributed by atoms with E-state index in [1.165, 1.54) is 16.2 Å². The molecule has 0 spiro atoms. The van der Waals surface area contributed by atoms with Crippen molar-refractivity contribution < 1.29 is 4.79 Å². The van der Waals surface area contributed by atoms with Gasteiger partial charge in [0.05, 0.1) is 10.5 Å². The molecule has 2 aliphatic rings. The van der Waals surface area contributed by atoms with Crippen molar-refractivity contribution in [3.05, 3.63) is 45.2 Å². The van der Waals surface area contributed by atoms with Crippen molar-refractivity contribution in [2.24, 2.45) is 0 Å². The fraction of sp³-hybridized carbons (Fsp3) is 0.333. The summed E-state index contributed by atoms with van der Waals surface area (Å²) in [6.45, 7) is 4.07. The number of pyridine rings is 1. The van der Waals surface area contributed by atoms with E-state index in [0.29, 0.717) is 32.8 Å². The van der Waals surface area contributed by atoms with Gasteiger partial charge in [0.1, 0.15) is 15.8 Å². The highest BCUT2D eigenvalue weighted by molar-refractivity contribution is 8.26. The maximum absolute atomic E-state index is 13.2. The lowest BCUT2D eigenvalue weighted by atomic mass is 10.2. The Bertz CT molecular complexity index is 1010. The van der Waals surface area contributed by atoms with Gasteiger partial charge < -0.3 is 4.90 Å². The average molecular weight is 419 g/mol. The van der Waals surface area contributed by atoms with Crippen LogP contribution < -0.4 is 10.5 Å². The second-order valence-corrected chi connectivity index (χ2v) is 9.01. The maximum atomic E-state index is 13.2. The van der Waals surface area contributed by atoms with Crippen LogP contribution in [0.15, 0.2) is 34.1 Å². The summed E-state index contributed by atoms with van der Waals surface area (Å²) < 4.78 is 2.05. The first-order valence-electron chi connectivity index (χ1n) is 8.69. The van der Waals surface area contributed by atoms with Crippen molar-refractivity contribution >= 4 is 63.5 Å². The van der Waals surface area contributed by atoms with Gasteiger partial charge in [-0.05, 0) is 25.1 Å². The van der Waals surface area contributed by atoms with Gasteiger partial charge >= 0.3 is 0 Å². The van der Waals surface area contributed by atoms with Gasteiger partial charge in [0.25, 0.3) is 11.5 Å². The van der Waals surface area contributed by atoms with Crippen LogP contribution in [0, 0.1) is 0 Å². The number of carbonyl (C=O) groups is 1. The van der Waals surface area contributed by atoms with E-state index in [2.05, 4.69) is 4.90 Å². The molecule has 1 amide bonds. The molecule has 0 unspecified atom stereocenters. The van der Waals surface area contributed by atoms with Crippen LogP contribution in [0.5, 0.6) is 0 Å². The van der Waals surface area contributed by atoms with Crippen LogP contribution in [0.4, 0.5) is 5.82 Å². The number of nitrogens with zero attached hydrogens (tertiary/aromatic N) is 4. The summed E-state index contributed by atoms with van der Waals surface area (Å²) in [6, 6.07) is 5.49. The summed E-state index contributed by atoms with van der Waals surface area (Å²) in [6.07, 6.45) is 3.37. The van der Waals surface area contributed by atoms with E-state index in [9.17, 15) is 9.59 Å². The fourth-order valence-corrected chi connectivity index (χ4v) is 5.41. The summed E-state index contributed by atoms with van der Waals surface area (Å²) in [5.74, 6) is 2.49. The van der Waals surface area contributed by atoms with E-state index in [-0.39, 0.29) is 11.5 Å². The molecule has 0 aliphatic carbocycles. The van der Waals surface area contributed by atoms with Gasteiger partial charge in [-0.25, -0.2) is 4.98 Å². The molecule has 2 saturated heterocycles. The van der Waals surface area contributed by atoms with Crippen molar-refractivity contribution in [1.29, 1.82) is 0 Å². The monoisotopic (exact) mass is 418 g/mol. The molecule has 0 radical (unpaired) electrons. The summed E-state index contributed by atoms with van der Waals surface area (Å²) >= 11 is 8.43. The molecule has 9 heteroatoms. The molecule has 2 fully saturated rings. The molecule has 2 aromatic heterocycles. The first-order chi connectivity index (χ1) is 13.1. The van der Waals surface area contributed by atoms with Crippen molar-refractivity contribution in [2.75, 3.05) is 36.0 Å². The quantitative estimate of drug-likeness (QED) is 0.561. The standard InChI is InChI=1S/C18H18N4O2S3/c1-2-21-17(24)13(27-18(21)25)11-12-15(20-7-9-26-10-8-20)19-14-5-3-4-6-22(14)16(12)23/h3-6,11H,2,7-10H2,1H3/b13-11+. The number of rotatable bonds is 3. The van der Waals surface area contributed by atoms with Gasteiger partial charge in [-0.2, -0.15) is 11.8 Å². The largest absolute Gasteiger partial charge is 0.354 e. The number of aromatic nitrogens is 2. The Balaban J connectivity index is 1.89. The summed E-state index contributed by atoms with van der Waals surface area (Å²) in [7, 11) is 0. The fourth-order valence-electron chi connectivity index (χ4n) is 3.14. The van der Waals surface area contributed by atoms with Crippen molar-refractivity contribution in [1.82, 2.24) is 14.3 Å². The summed E-state index contributed by atoms with van der Waals surface area (Å²) in [5, 5.41) is 0. The minimum absolute atomic E-state index is 0.148. The maximum Gasteiger partial charge on any atom is 0.267 e. The van der Waals surface area contributed by atoms with E-state index in [0.717, 1.165) is 24.6 Å². The number of hydrogen-bond donors (Lipinski definition) is 0. The predicted molar refractivity (Wildman–Crippen MR) is 117 cm³/mol. The van der Waals surface area contributed by atoms with Crippen LogP contribution in [-0.2, 0) is 4.79 Å². The third-order valence-electron chi connectivity index (χ3n) is 4.52. The lowest BCUT2D eigenvalue weighted by Crippen LogP contribution is -2.35. The van der Waals surface area contributed by atoms with E-state index < -0.39 is 0 Å². The molecule has 0 aromatic carbocycles. The van der Waals surface area contributed by atoms with Crippen LogP contribution in [0.1, 0.15) is 12.5 Å². The lowest BCUT2D eigenvalue weighted by Gasteiger charge is -2.28. The molecule has 2 aromatic rings. The molecule has 27 heavy (non-hydrogen) atoms. The SMILES string of the molecule is CCN1C(=O)/C(=C\c2c(N3CCSCC3)nc3ccccn3c2=O)SC1=S. The highest BCUT2D eigenvalue weighted by atomic mass is 32.2. The number of hydrogen-bond acceptors (Lipinski definition) is 7. The van der Waals surface area contributed by atoms with Gasteiger partial charge in [-0.15, -0.1) is 0 Å². The Morgan fingerprint density at radius 1 is 1.26 bits per heavy atom. The van der Waals surface area contributed by atoms with Gasteiger partial charge in [-0.3, -0.25) is 18.9 Å². The van der Waals surface area contributed by atoms with E-state index >= 15 is 0 Å². The third-order valence-corrected chi connectivity index (χ3v) is 6.85. The topological polar surface area (TPSA) is 57.9 Å². The highest BCUT2D eigenvalue weighted by Crippen LogP contribution is 2.33. The minimum Gasteiger partial charge on any atom is -0.354 e. The molecular weight excluding hydrogens is 400 g/mol. The van der Waals surface area contributed by atoms with Crippen LogP contribution in [0.3, 0.4) is 0 Å². The molecule has 2 aliphatic heterocycles. The number of amides is 1. The Kier molecular flexibility index (Phi) is 5.25. The second kappa shape index (κ2) is 7.65. The molecule has 0 saturated carbocycles. The first kappa shape index (κ1) is 18.5. The Labute approximate surface area is 170 Å². The molecule has 0 atom stereocenters. The molecule has 140 valence electrons. The predicted octanol–water partition coefficient (Wildman–Crippen LogP) is 2.47. The molecule has 0 N–H and O–H groups in total. The average Bonchev–Trinajstić information content (AvgIpc) is 2.97.